The van der Waals surface area contributed by atoms with Crippen LogP contribution in [0.25, 0.3) is 6.08 Å². The Bertz CT molecular complexity index is 888. The summed E-state index contributed by atoms with van der Waals surface area (Å²) >= 11 is 8.65. The van der Waals surface area contributed by atoms with E-state index >= 15 is 0 Å². The van der Waals surface area contributed by atoms with Crippen LogP contribution >= 0.6 is 46.6 Å². The summed E-state index contributed by atoms with van der Waals surface area (Å²) in [6.07, 6.45) is 3.55. The van der Waals surface area contributed by atoms with Crippen LogP contribution in [-0.4, -0.2) is 34.3 Å². The smallest absolute Gasteiger partial charge is 0.265 e. The molecule has 0 atom stereocenters. The third kappa shape index (κ3) is 4.18. The molecule has 1 aliphatic rings. The van der Waals surface area contributed by atoms with Gasteiger partial charge in [0.1, 0.15) is 10.9 Å². The van der Waals surface area contributed by atoms with E-state index < -0.39 is 0 Å². The maximum atomic E-state index is 12.2. The number of likely N-dealkylation sites (N-methyl/N-ethyl adjacent to an activating group) is 1. The fourth-order valence-electron chi connectivity index (χ4n) is 2.29. The van der Waals surface area contributed by atoms with Crippen molar-refractivity contribution in [2.45, 2.75) is 6.61 Å². The Morgan fingerprint density at radius 3 is 2.81 bits per heavy atom. The number of carbonyl (C=O) groups excluding carboxylic acids is 1. The molecule has 1 fully saturated rings. The molecule has 1 aromatic heterocycles. The Morgan fingerprint density at radius 1 is 1.38 bits per heavy atom. The second-order valence-electron chi connectivity index (χ2n) is 5.38. The monoisotopic (exact) mass is 498 g/mol. The quantitative estimate of drug-likeness (QED) is 0.352. The first kappa shape index (κ1) is 19.1. The Morgan fingerprint density at radius 2 is 2.19 bits per heavy atom. The largest absolute Gasteiger partial charge is 0.493 e. The van der Waals surface area contributed by atoms with Gasteiger partial charge in [-0.15, -0.1) is 0 Å². The van der Waals surface area contributed by atoms with Gasteiger partial charge in [-0.2, -0.15) is 0 Å². The first-order valence-electron chi connectivity index (χ1n) is 7.61. The number of benzene rings is 1. The molecule has 0 spiro atoms. The summed E-state index contributed by atoms with van der Waals surface area (Å²) in [5.41, 5.74) is 1.69. The molecular formula is C18H15IN2O3S2. The van der Waals surface area contributed by atoms with Crippen molar-refractivity contribution < 1.29 is 14.3 Å². The van der Waals surface area contributed by atoms with Crippen molar-refractivity contribution in [3.63, 3.8) is 0 Å². The Kier molecular flexibility index (Phi) is 6.15. The van der Waals surface area contributed by atoms with Crippen molar-refractivity contribution in [1.29, 1.82) is 0 Å². The summed E-state index contributed by atoms with van der Waals surface area (Å²) < 4.78 is 12.8. The van der Waals surface area contributed by atoms with Gasteiger partial charge in [-0.1, -0.05) is 30.0 Å². The van der Waals surface area contributed by atoms with Crippen LogP contribution in [0, 0.1) is 3.57 Å². The number of hydrogen-bond acceptors (Lipinski definition) is 6. The van der Waals surface area contributed by atoms with Crippen molar-refractivity contribution >= 4 is 62.9 Å². The second kappa shape index (κ2) is 8.36. The fourth-order valence-corrected chi connectivity index (χ4v) is 4.25. The molecule has 1 saturated heterocycles. The molecule has 0 saturated carbocycles. The summed E-state index contributed by atoms with van der Waals surface area (Å²) in [6.45, 7) is 0.348. The third-order valence-electron chi connectivity index (χ3n) is 3.63. The van der Waals surface area contributed by atoms with Gasteiger partial charge in [-0.25, -0.2) is 0 Å². The molecule has 8 heteroatoms. The van der Waals surface area contributed by atoms with Gasteiger partial charge < -0.3 is 9.47 Å². The molecule has 3 rings (SSSR count). The SMILES string of the molecule is COc1cc(/C=C2/SC(=S)N(C)C2=O)cc(I)c1OCc1ccccn1. The molecule has 1 aliphatic heterocycles. The number of nitrogens with zero attached hydrogens (tertiary/aromatic N) is 2. The van der Waals surface area contributed by atoms with Crippen LogP contribution in [0.4, 0.5) is 0 Å². The van der Waals surface area contributed by atoms with E-state index in [1.54, 1.807) is 20.4 Å². The van der Waals surface area contributed by atoms with Crippen molar-refractivity contribution in [2.75, 3.05) is 14.2 Å². The zero-order chi connectivity index (χ0) is 18.7. The standard InChI is InChI=1S/C18H15IN2O3S2/c1-21-17(22)15(26-18(21)25)9-11-7-13(19)16(14(8-11)23-2)24-10-12-5-3-4-6-20-12/h3-9H,10H2,1-2H3/b15-9+. The second-order valence-corrected chi connectivity index (χ2v) is 8.22. The zero-order valence-electron chi connectivity index (χ0n) is 14.1. The highest BCUT2D eigenvalue weighted by Gasteiger charge is 2.28. The lowest BCUT2D eigenvalue weighted by molar-refractivity contribution is -0.121. The summed E-state index contributed by atoms with van der Waals surface area (Å²) in [6, 6.07) is 9.47. The molecular weight excluding hydrogens is 483 g/mol. The molecule has 0 radical (unpaired) electrons. The highest BCUT2D eigenvalue weighted by molar-refractivity contribution is 14.1. The predicted molar refractivity (Wildman–Crippen MR) is 115 cm³/mol. The number of hydrogen-bond donors (Lipinski definition) is 0. The number of amides is 1. The van der Waals surface area contributed by atoms with Crippen LogP contribution in [0.15, 0.2) is 41.4 Å². The van der Waals surface area contributed by atoms with Gasteiger partial charge in [-0.05, 0) is 58.5 Å². The van der Waals surface area contributed by atoms with E-state index in [1.165, 1.54) is 16.7 Å². The van der Waals surface area contributed by atoms with Gasteiger partial charge in [0.2, 0.25) is 0 Å². The van der Waals surface area contributed by atoms with E-state index in [0.717, 1.165) is 14.8 Å². The van der Waals surface area contributed by atoms with Crippen molar-refractivity contribution in [2.24, 2.45) is 0 Å². The fraction of sp³-hybridized carbons (Fsp3) is 0.167. The third-order valence-corrected chi connectivity index (χ3v) is 5.91. The van der Waals surface area contributed by atoms with E-state index in [0.29, 0.717) is 27.3 Å². The number of pyridine rings is 1. The minimum Gasteiger partial charge on any atom is -0.493 e. The Hall–Kier alpha value is -1.65. The highest BCUT2D eigenvalue weighted by atomic mass is 127. The Labute approximate surface area is 174 Å². The van der Waals surface area contributed by atoms with Crippen LogP contribution in [0.2, 0.25) is 0 Å². The molecule has 1 aromatic carbocycles. The molecule has 1 amide bonds. The van der Waals surface area contributed by atoms with Gasteiger partial charge in [0.25, 0.3) is 5.91 Å². The van der Waals surface area contributed by atoms with Gasteiger partial charge in [-0.3, -0.25) is 14.7 Å². The van der Waals surface area contributed by atoms with E-state index in [1.807, 2.05) is 36.4 Å². The number of thiocarbonyl (C=S) groups is 1. The molecule has 5 nitrogen and oxygen atoms in total. The van der Waals surface area contributed by atoms with Crippen LogP contribution in [0.1, 0.15) is 11.3 Å². The number of ether oxygens (including phenoxy) is 2. The van der Waals surface area contributed by atoms with Gasteiger partial charge >= 0.3 is 0 Å². The summed E-state index contributed by atoms with van der Waals surface area (Å²) in [5.74, 6) is 1.16. The maximum absolute atomic E-state index is 12.2. The number of aromatic nitrogens is 1. The Balaban J connectivity index is 1.86. The number of methoxy groups -OCH3 is 1. The minimum atomic E-state index is -0.0931. The van der Waals surface area contributed by atoms with E-state index in [-0.39, 0.29) is 5.91 Å². The maximum Gasteiger partial charge on any atom is 0.265 e. The topological polar surface area (TPSA) is 51.7 Å². The first-order chi connectivity index (χ1) is 12.5. The summed E-state index contributed by atoms with van der Waals surface area (Å²) in [5, 5.41) is 0. The number of halogens is 1. The number of carbonyl (C=O) groups is 1. The highest BCUT2D eigenvalue weighted by Crippen LogP contribution is 2.37. The summed E-state index contributed by atoms with van der Waals surface area (Å²) in [7, 11) is 3.27. The van der Waals surface area contributed by atoms with Crippen molar-refractivity contribution in [3.05, 3.63) is 56.3 Å². The average molecular weight is 498 g/mol. The normalized spacial score (nSPS) is 15.7. The van der Waals surface area contributed by atoms with Gasteiger partial charge in [0, 0.05) is 13.2 Å². The lowest BCUT2D eigenvalue weighted by Gasteiger charge is -2.13. The molecule has 2 heterocycles. The van der Waals surface area contributed by atoms with Crippen molar-refractivity contribution in [3.8, 4) is 11.5 Å². The lowest BCUT2D eigenvalue weighted by atomic mass is 10.2. The molecule has 0 bridgehead atoms. The molecule has 0 N–H and O–H groups in total. The molecule has 26 heavy (non-hydrogen) atoms. The van der Waals surface area contributed by atoms with E-state index in [2.05, 4.69) is 27.6 Å². The first-order valence-corrected chi connectivity index (χ1v) is 9.91. The van der Waals surface area contributed by atoms with E-state index in [4.69, 9.17) is 21.7 Å². The van der Waals surface area contributed by atoms with Gasteiger partial charge in [0.05, 0.1) is 21.3 Å². The number of thioether (sulfide) groups is 1. The molecule has 134 valence electrons. The minimum absolute atomic E-state index is 0.0931. The van der Waals surface area contributed by atoms with Crippen LogP contribution in [-0.2, 0) is 11.4 Å². The van der Waals surface area contributed by atoms with Crippen molar-refractivity contribution in [1.82, 2.24) is 9.88 Å². The van der Waals surface area contributed by atoms with Crippen LogP contribution in [0.5, 0.6) is 11.5 Å². The van der Waals surface area contributed by atoms with Crippen LogP contribution < -0.4 is 9.47 Å². The zero-order valence-corrected chi connectivity index (χ0v) is 17.9. The van der Waals surface area contributed by atoms with Crippen LogP contribution in [0.3, 0.4) is 0 Å². The van der Waals surface area contributed by atoms with Gasteiger partial charge in [0.15, 0.2) is 11.5 Å². The predicted octanol–water partition coefficient (Wildman–Crippen LogP) is 4.10. The molecule has 0 unspecified atom stereocenters. The molecule has 2 aromatic rings. The van der Waals surface area contributed by atoms with E-state index in [9.17, 15) is 4.79 Å². The average Bonchev–Trinajstić information content (AvgIpc) is 2.88. The summed E-state index contributed by atoms with van der Waals surface area (Å²) in [4.78, 5) is 18.5. The molecule has 0 aliphatic carbocycles. The number of rotatable bonds is 5. The lowest BCUT2D eigenvalue weighted by Crippen LogP contribution is -2.22.